The number of rotatable bonds is 12. The molecule has 0 unspecified atom stereocenters. The zero-order valence-corrected chi connectivity index (χ0v) is 45.2. The van der Waals surface area contributed by atoms with E-state index in [-0.39, 0.29) is 22.7 Å². The maximum absolute atomic E-state index is 12.9. The summed E-state index contributed by atoms with van der Waals surface area (Å²) < 4.78 is 51.7. The van der Waals surface area contributed by atoms with Gasteiger partial charge in [0.25, 0.3) is 0 Å². The topological polar surface area (TPSA) is 149 Å². The number of hydrogen-bond acceptors (Lipinski definition) is 8. The fraction of sp³-hybridized carbons (Fsp3) is 0.484. The van der Waals surface area contributed by atoms with Crippen LogP contribution in [-0.4, -0.2) is 61.7 Å². The normalized spacial score (nSPS) is 32.5. The lowest BCUT2D eigenvalue weighted by molar-refractivity contribution is 0.0856. The van der Waals surface area contributed by atoms with Gasteiger partial charge < -0.3 is 20.4 Å². The van der Waals surface area contributed by atoms with Crippen molar-refractivity contribution in [2.45, 2.75) is 166 Å². The highest BCUT2D eigenvalue weighted by atomic mass is 32.2. The average Bonchev–Trinajstić information content (AvgIpc) is 3.91. The first-order valence-corrected chi connectivity index (χ1v) is 29.3. The van der Waals surface area contributed by atoms with E-state index in [2.05, 4.69) is 77.3 Å². The van der Waals surface area contributed by atoms with Gasteiger partial charge in [0.1, 0.15) is 0 Å². The summed E-state index contributed by atoms with van der Waals surface area (Å²) >= 11 is 0. The van der Waals surface area contributed by atoms with Crippen LogP contribution in [0.2, 0.25) is 0 Å². The van der Waals surface area contributed by atoms with E-state index in [1.807, 2.05) is 24.3 Å². The van der Waals surface area contributed by atoms with E-state index in [1.54, 1.807) is 62.4 Å². The Hall–Kier alpha value is -4.42. The minimum absolute atomic E-state index is 0.0741. The molecule has 4 saturated carbocycles. The molecule has 6 aliphatic rings. The maximum atomic E-state index is 12.9. The van der Waals surface area contributed by atoms with Crippen LogP contribution in [0.15, 0.2) is 187 Å². The number of hydrogen-bond donors (Lipinski definition) is 4. The Morgan fingerprint density at radius 1 is 0.611 bits per heavy atom. The molecule has 0 spiro atoms. The summed E-state index contributed by atoms with van der Waals surface area (Å²) in [5.41, 5.74) is 9.23. The molecule has 8 nitrogen and oxygen atoms in total. The number of aliphatic hydroxyl groups is 4. The van der Waals surface area contributed by atoms with Gasteiger partial charge in [-0.3, -0.25) is 0 Å². The monoisotopic (exact) mass is 1020 g/mol. The standard InChI is InChI=1S/2C31H40O4S/c2*1-21(12-13-22(2)36(34,35)27-10-6-5-7-11-27)28-16-17-29-24(9-8-18-31(28,29)4)14-15-25-19-26(32)20-30(33)23(25)3/h2*5-7,10-11,13-16,21,26,29-30,32-33H,3,8-9,12,17-20H2,1-2,4H3/b2*22-13-,24-14+,25-15-/t21-,26+,29+,30-,31-;21-,26-,29+,30+,31-/m11/s1. The summed E-state index contributed by atoms with van der Waals surface area (Å²) in [4.78, 5) is 1.51. The average molecular weight is 1020 g/mol. The van der Waals surface area contributed by atoms with E-state index in [1.165, 1.54) is 22.3 Å². The molecule has 6 aliphatic carbocycles. The van der Waals surface area contributed by atoms with Gasteiger partial charge in [-0.15, -0.1) is 0 Å². The Morgan fingerprint density at radius 3 is 1.33 bits per heavy atom. The molecule has 4 fully saturated rings. The summed E-state index contributed by atoms with van der Waals surface area (Å²) in [6.07, 6.45) is 26.6. The van der Waals surface area contributed by atoms with Crippen molar-refractivity contribution >= 4 is 19.7 Å². The minimum Gasteiger partial charge on any atom is -0.393 e. The predicted molar refractivity (Wildman–Crippen MR) is 292 cm³/mol. The zero-order chi connectivity index (χ0) is 52.2. The van der Waals surface area contributed by atoms with Gasteiger partial charge >= 0.3 is 0 Å². The van der Waals surface area contributed by atoms with Crippen LogP contribution < -0.4 is 0 Å². The summed E-state index contributed by atoms with van der Waals surface area (Å²) in [7, 11) is -6.91. The number of fused-ring (bicyclic) bond motifs is 2. The van der Waals surface area contributed by atoms with E-state index in [0.717, 1.165) is 73.7 Å². The molecule has 4 N–H and O–H groups in total. The molecule has 0 saturated heterocycles. The molecule has 0 amide bonds. The van der Waals surface area contributed by atoms with E-state index in [9.17, 15) is 37.3 Å². The quantitative estimate of drug-likeness (QED) is 0.154. The first kappa shape index (κ1) is 55.3. The largest absolute Gasteiger partial charge is 0.393 e. The van der Waals surface area contributed by atoms with Crippen molar-refractivity contribution in [1.29, 1.82) is 0 Å². The summed E-state index contributed by atoms with van der Waals surface area (Å²) in [5.74, 6) is 1.40. The lowest BCUT2D eigenvalue weighted by Gasteiger charge is -2.42. The second kappa shape index (κ2) is 23.0. The Bertz CT molecular complexity index is 2630. The molecular weight excluding hydrogens is 937 g/mol. The van der Waals surface area contributed by atoms with E-state index >= 15 is 0 Å². The SMILES string of the molecule is C=C1/C(=C\C=C2/CCC[C@]3(C)C([C@H](C)C/C=C(/C)S(=O)(=O)c4ccccc4)=CC[C@@H]23)C[C@@H](O)C[C@@H]1O.C=C1/C(=C\C=C2/CCC[C@]3(C)C([C@H](C)C/C=C(/C)S(=O)(=O)c4ccccc4)=CC[C@@H]23)C[C@H](O)C[C@H]1O. The third kappa shape index (κ3) is 11.9. The van der Waals surface area contributed by atoms with E-state index < -0.39 is 44.1 Å². The van der Waals surface area contributed by atoms with Crippen molar-refractivity contribution in [1.82, 2.24) is 0 Å². The molecule has 0 heterocycles. The Labute approximate surface area is 431 Å². The van der Waals surface area contributed by atoms with Crippen LogP contribution in [-0.2, 0) is 19.7 Å². The molecule has 2 aromatic rings. The van der Waals surface area contributed by atoms with E-state index in [4.69, 9.17) is 0 Å². The Morgan fingerprint density at radius 2 is 0.972 bits per heavy atom. The number of sulfone groups is 2. The van der Waals surface area contributed by atoms with Crippen molar-refractivity contribution in [2.75, 3.05) is 0 Å². The van der Waals surface area contributed by atoms with Gasteiger partial charge in [-0.2, -0.15) is 0 Å². The molecule has 0 bridgehead atoms. The molecule has 72 heavy (non-hydrogen) atoms. The van der Waals surface area contributed by atoms with Gasteiger partial charge in [0.15, 0.2) is 0 Å². The van der Waals surface area contributed by atoms with Gasteiger partial charge in [0, 0.05) is 22.7 Å². The van der Waals surface area contributed by atoms with Crippen molar-refractivity contribution in [3.63, 3.8) is 0 Å². The van der Waals surface area contributed by atoms with Crippen LogP contribution in [0.1, 0.15) is 131 Å². The maximum Gasteiger partial charge on any atom is 0.202 e. The fourth-order valence-corrected chi connectivity index (χ4v) is 15.3. The first-order chi connectivity index (χ1) is 34.1. The van der Waals surface area contributed by atoms with Gasteiger partial charge in [0.05, 0.1) is 34.2 Å². The lowest BCUT2D eigenvalue weighted by Crippen LogP contribution is -2.32. The second-order valence-electron chi connectivity index (χ2n) is 22.1. The summed E-state index contributed by atoms with van der Waals surface area (Å²) in [6.45, 7) is 20.7. The number of aliphatic hydroxyl groups excluding tert-OH is 4. The molecule has 0 aliphatic heterocycles. The lowest BCUT2D eigenvalue weighted by atomic mass is 9.62. The minimum atomic E-state index is -3.45. The van der Waals surface area contributed by atoms with Crippen LogP contribution >= 0.6 is 0 Å². The molecule has 10 atom stereocenters. The van der Waals surface area contributed by atoms with Crippen molar-refractivity contribution < 1.29 is 37.3 Å². The van der Waals surface area contributed by atoms with Gasteiger partial charge in [0.2, 0.25) is 19.7 Å². The highest BCUT2D eigenvalue weighted by molar-refractivity contribution is 7.95. The third-order valence-corrected chi connectivity index (χ3v) is 21.1. The highest BCUT2D eigenvalue weighted by Crippen LogP contribution is 2.58. The summed E-state index contributed by atoms with van der Waals surface area (Å²) in [5, 5.41) is 40.5. The zero-order valence-electron chi connectivity index (χ0n) is 43.6. The van der Waals surface area contributed by atoms with Crippen molar-refractivity contribution in [3.05, 3.63) is 177 Å². The van der Waals surface area contributed by atoms with E-state index in [0.29, 0.717) is 70.0 Å². The smallest absolute Gasteiger partial charge is 0.202 e. The van der Waals surface area contributed by atoms with Crippen LogP contribution in [0.4, 0.5) is 0 Å². The molecule has 2 aromatic carbocycles. The van der Waals surface area contributed by atoms with Crippen LogP contribution in [0.5, 0.6) is 0 Å². The Kier molecular flexibility index (Phi) is 17.7. The fourth-order valence-electron chi connectivity index (χ4n) is 12.9. The third-order valence-electron chi connectivity index (χ3n) is 17.3. The van der Waals surface area contributed by atoms with Gasteiger partial charge in [-0.05, 0) is 172 Å². The molecule has 388 valence electrons. The van der Waals surface area contributed by atoms with Crippen LogP contribution in [0.3, 0.4) is 0 Å². The molecule has 10 heteroatoms. The van der Waals surface area contributed by atoms with Crippen molar-refractivity contribution in [3.8, 4) is 0 Å². The second-order valence-corrected chi connectivity index (χ2v) is 26.4. The molecule has 0 aromatic heterocycles. The van der Waals surface area contributed by atoms with Gasteiger partial charge in [-0.25, -0.2) is 16.8 Å². The molecule has 0 radical (unpaired) electrons. The molecular formula is C62H80O8S2. The van der Waals surface area contributed by atoms with Gasteiger partial charge in [-0.1, -0.05) is 148 Å². The number of benzene rings is 2. The predicted octanol–water partition coefficient (Wildman–Crippen LogP) is 12.9. The molecule has 8 rings (SSSR count). The first-order valence-electron chi connectivity index (χ1n) is 26.3. The van der Waals surface area contributed by atoms with Crippen LogP contribution in [0, 0.1) is 34.5 Å². The summed E-state index contributed by atoms with van der Waals surface area (Å²) in [6, 6.07) is 17.3. The van der Waals surface area contributed by atoms with Crippen molar-refractivity contribution in [2.24, 2.45) is 34.5 Å². The highest BCUT2D eigenvalue weighted by Gasteiger charge is 2.47. The Balaban J connectivity index is 0.000000211. The van der Waals surface area contributed by atoms with Crippen LogP contribution in [0.25, 0.3) is 0 Å². The number of allylic oxidation sites excluding steroid dienone is 14.